The Morgan fingerprint density at radius 2 is 1.43 bits per heavy atom. The van der Waals surface area contributed by atoms with Crippen LogP contribution >= 0.6 is 0 Å². The third kappa shape index (κ3) is 25.6. The molecule has 0 radical (unpaired) electrons. The number of hydrogen-bond acceptors (Lipinski definition) is 13. The van der Waals surface area contributed by atoms with Crippen molar-refractivity contribution in [1.82, 2.24) is 25.3 Å². The SMILES string of the molecule is C=CC(=C)C.CC(C)C.CCC(C)C(C(CC(=O)N1CCCC1C(OC)C(C)C(=O)NCC(=O)O)OC)N(C)C(=O)CNC(=O)C(C)(C)N(C)CCOCCOCCOCCON. The van der Waals surface area contributed by atoms with Crippen LogP contribution in [0.5, 0.6) is 0 Å². The highest BCUT2D eigenvalue weighted by Gasteiger charge is 2.42. The highest BCUT2D eigenvalue weighted by molar-refractivity contribution is 5.90. The first kappa shape index (κ1) is 61.6. The fourth-order valence-electron chi connectivity index (χ4n) is 6.45. The summed E-state index contributed by atoms with van der Waals surface area (Å²) in [6, 6.07) is -0.883. The van der Waals surface area contributed by atoms with Crippen LogP contribution in [0, 0.1) is 17.8 Å². The van der Waals surface area contributed by atoms with Crippen LogP contribution < -0.4 is 16.5 Å². The second-order valence-corrected chi connectivity index (χ2v) is 16.9. The number of carbonyl (C=O) groups is 5. The second kappa shape index (κ2) is 34.9. The Hall–Kier alpha value is -3.49. The maximum atomic E-state index is 13.9. The molecule has 4 amide bonds. The fourth-order valence-corrected chi connectivity index (χ4v) is 6.45. The topological polar surface area (TPSA) is 221 Å². The van der Waals surface area contributed by atoms with Gasteiger partial charge in [0.2, 0.25) is 23.6 Å². The Morgan fingerprint density at radius 3 is 1.89 bits per heavy atom. The van der Waals surface area contributed by atoms with E-state index in [9.17, 15) is 24.0 Å². The van der Waals surface area contributed by atoms with E-state index in [-0.39, 0.29) is 36.6 Å². The zero-order chi connectivity index (χ0) is 48.7. The smallest absolute Gasteiger partial charge is 0.322 e. The van der Waals surface area contributed by atoms with Crippen molar-refractivity contribution in [3.8, 4) is 0 Å². The number of carboxylic acids is 1. The number of methoxy groups -OCH3 is 2. The number of hydrogen-bond donors (Lipinski definition) is 4. The standard InChI is InChI=1S/C36H68N6O12.C5H8.C4H10/c1-10-25(2)32(28(49-8)22-29(43)42-13-11-12-27(42)33(50-9)26(3)34(47)38-24-31(45)46)41(7)30(44)23-39-35(48)36(4,5)40(6)14-15-51-16-17-52-18-19-53-20-21-54-37;1-4-5(2)3;1-4(2)3/h25-28,32-33H,10-24,37H2,1-9H3,(H,38,47)(H,39,48)(H,45,46);4H,1-2H2,3H3;4H,1-3H3. The minimum Gasteiger partial charge on any atom is -0.480 e. The Bertz CT molecular complexity index is 1330. The third-order valence-corrected chi connectivity index (χ3v) is 10.6. The molecule has 0 spiro atoms. The van der Waals surface area contributed by atoms with E-state index in [4.69, 9.17) is 34.7 Å². The van der Waals surface area contributed by atoms with Gasteiger partial charge in [-0.3, -0.25) is 28.9 Å². The van der Waals surface area contributed by atoms with E-state index in [0.717, 1.165) is 11.5 Å². The summed E-state index contributed by atoms with van der Waals surface area (Å²) in [6.07, 6.45) is 2.42. The molecular weight excluding hydrogens is 817 g/mol. The van der Waals surface area contributed by atoms with Gasteiger partial charge in [0.15, 0.2) is 0 Å². The number of nitrogens with one attached hydrogen (secondary N) is 2. The number of likely N-dealkylation sites (tertiary alicyclic amines) is 1. The van der Waals surface area contributed by atoms with Gasteiger partial charge in [0.1, 0.15) is 6.54 Å². The van der Waals surface area contributed by atoms with E-state index in [1.54, 1.807) is 43.7 Å². The lowest BCUT2D eigenvalue weighted by Crippen LogP contribution is -2.57. The quantitative estimate of drug-likeness (QED) is 0.0462. The van der Waals surface area contributed by atoms with Crippen LogP contribution in [0.3, 0.4) is 0 Å². The minimum atomic E-state index is -1.16. The summed E-state index contributed by atoms with van der Waals surface area (Å²) in [5.41, 5.74) is 0.0757. The van der Waals surface area contributed by atoms with E-state index < -0.39 is 54.2 Å². The summed E-state index contributed by atoms with van der Waals surface area (Å²) >= 11 is 0. The van der Waals surface area contributed by atoms with Crippen LogP contribution in [-0.4, -0.2) is 180 Å². The molecule has 1 saturated heterocycles. The molecule has 1 heterocycles. The number of ether oxygens (including phenoxy) is 5. The van der Waals surface area contributed by atoms with Gasteiger partial charge < -0.3 is 54.1 Å². The van der Waals surface area contributed by atoms with Crippen molar-refractivity contribution < 1.29 is 57.6 Å². The Balaban J connectivity index is 0. The molecule has 1 aliphatic heterocycles. The molecule has 0 aromatic heterocycles. The second-order valence-electron chi connectivity index (χ2n) is 16.9. The summed E-state index contributed by atoms with van der Waals surface area (Å²) in [4.78, 5) is 73.9. The molecule has 6 unspecified atom stereocenters. The first-order valence-electron chi connectivity index (χ1n) is 22.0. The number of aliphatic carboxylic acids is 1. The van der Waals surface area contributed by atoms with Gasteiger partial charge in [-0.15, -0.1) is 0 Å². The van der Waals surface area contributed by atoms with E-state index in [1.165, 1.54) is 14.2 Å². The number of likely N-dealkylation sites (N-methyl/N-ethyl adjacent to an activating group) is 2. The third-order valence-electron chi connectivity index (χ3n) is 10.6. The molecular formula is C45H86N6O12. The van der Waals surface area contributed by atoms with Crippen molar-refractivity contribution in [3.63, 3.8) is 0 Å². The largest absolute Gasteiger partial charge is 0.480 e. The molecule has 0 saturated carbocycles. The maximum Gasteiger partial charge on any atom is 0.322 e. The average Bonchev–Trinajstić information content (AvgIpc) is 3.72. The van der Waals surface area contributed by atoms with Gasteiger partial charge in [-0.2, -0.15) is 0 Å². The van der Waals surface area contributed by atoms with E-state index in [0.29, 0.717) is 78.6 Å². The molecule has 0 aromatic rings. The van der Waals surface area contributed by atoms with Crippen molar-refractivity contribution in [2.45, 2.75) is 118 Å². The minimum absolute atomic E-state index is 0.0203. The number of nitrogens with two attached hydrogens (primary N) is 1. The van der Waals surface area contributed by atoms with Crippen molar-refractivity contribution in [2.75, 3.05) is 101 Å². The van der Waals surface area contributed by atoms with Crippen LogP contribution in [-0.2, 0) is 52.5 Å². The van der Waals surface area contributed by atoms with E-state index >= 15 is 0 Å². The number of rotatable bonds is 30. The molecule has 5 N–H and O–H groups in total. The van der Waals surface area contributed by atoms with Crippen LogP contribution in [0.4, 0.5) is 0 Å². The summed E-state index contributed by atoms with van der Waals surface area (Å²) in [7, 11) is 6.44. The van der Waals surface area contributed by atoms with Crippen LogP contribution in [0.25, 0.3) is 0 Å². The lowest BCUT2D eigenvalue weighted by atomic mass is 9.90. The van der Waals surface area contributed by atoms with Gasteiger partial charge >= 0.3 is 5.97 Å². The van der Waals surface area contributed by atoms with E-state index in [2.05, 4.69) is 49.4 Å². The zero-order valence-corrected chi connectivity index (χ0v) is 41.0. The average molecular weight is 903 g/mol. The number of allylic oxidation sites excluding steroid dienone is 2. The van der Waals surface area contributed by atoms with Crippen molar-refractivity contribution in [1.29, 1.82) is 0 Å². The Labute approximate surface area is 378 Å². The summed E-state index contributed by atoms with van der Waals surface area (Å²) < 4.78 is 28.0. The fraction of sp³-hybridized carbons (Fsp3) is 0.800. The molecule has 0 bridgehead atoms. The van der Waals surface area contributed by atoms with Crippen molar-refractivity contribution >= 4 is 29.6 Å². The van der Waals surface area contributed by atoms with Gasteiger partial charge in [0, 0.05) is 34.4 Å². The summed E-state index contributed by atoms with van der Waals surface area (Å²) in [6.45, 7) is 27.5. The van der Waals surface area contributed by atoms with Gasteiger partial charge in [-0.25, -0.2) is 5.90 Å². The monoisotopic (exact) mass is 903 g/mol. The van der Waals surface area contributed by atoms with Gasteiger partial charge in [0.05, 0.1) is 95.0 Å². The van der Waals surface area contributed by atoms with Crippen molar-refractivity contribution in [2.24, 2.45) is 23.7 Å². The van der Waals surface area contributed by atoms with E-state index in [1.807, 2.05) is 32.7 Å². The van der Waals surface area contributed by atoms with Crippen molar-refractivity contribution in [3.05, 3.63) is 24.8 Å². The molecule has 63 heavy (non-hydrogen) atoms. The number of carboxylic acid groups (broad SMARTS) is 1. The van der Waals surface area contributed by atoms with Gasteiger partial charge in [-0.1, -0.05) is 72.8 Å². The van der Waals surface area contributed by atoms with Crippen LogP contribution in [0.1, 0.15) is 88.0 Å². The molecule has 18 nitrogen and oxygen atoms in total. The first-order chi connectivity index (χ1) is 29.6. The molecule has 1 rings (SSSR count). The molecule has 0 aliphatic carbocycles. The normalized spacial score (nSPS) is 16.1. The van der Waals surface area contributed by atoms with Gasteiger partial charge in [0.25, 0.3) is 0 Å². The molecule has 368 valence electrons. The highest BCUT2D eigenvalue weighted by atomic mass is 16.6. The number of carbonyl (C=O) groups excluding carboxylic acids is 4. The first-order valence-corrected chi connectivity index (χ1v) is 22.0. The molecule has 6 atom stereocenters. The predicted octanol–water partition coefficient (Wildman–Crippen LogP) is 3.29. The van der Waals surface area contributed by atoms with Crippen LogP contribution in [0.15, 0.2) is 24.8 Å². The number of amides is 4. The zero-order valence-electron chi connectivity index (χ0n) is 41.0. The highest BCUT2D eigenvalue weighted by Crippen LogP contribution is 2.29. The summed E-state index contributed by atoms with van der Waals surface area (Å²) in [5.74, 6) is 2.52. The predicted molar refractivity (Wildman–Crippen MR) is 245 cm³/mol. The molecule has 0 aromatic carbocycles. The molecule has 1 aliphatic rings. The summed E-state index contributed by atoms with van der Waals surface area (Å²) in [5, 5.41) is 14.1. The Kier molecular flexibility index (Phi) is 34.1. The van der Waals surface area contributed by atoms with Crippen LogP contribution in [0.2, 0.25) is 0 Å². The lowest BCUT2D eigenvalue weighted by Gasteiger charge is -2.39. The maximum absolute atomic E-state index is 13.9. The molecule has 1 fully saturated rings. The Morgan fingerprint density at radius 1 is 0.905 bits per heavy atom. The lowest BCUT2D eigenvalue weighted by molar-refractivity contribution is -0.146. The number of nitrogens with zero attached hydrogens (tertiary/aromatic N) is 3. The van der Waals surface area contributed by atoms with Gasteiger partial charge in [-0.05, 0) is 52.5 Å². The molecule has 18 heteroatoms.